The van der Waals surface area contributed by atoms with E-state index in [1.165, 1.54) is 0 Å². The molecule has 0 unspecified atom stereocenters. The largest absolute Gasteiger partial charge is 0.463 e. The Labute approximate surface area is 338 Å². The Hall–Kier alpha value is -6.50. The zero-order valence-corrected chi connectivity index (χ0v) is 32.5. The fourth-order valence-electron chi connectivity index (χ4n) is 7.14. The molecule has 1 saturated heterocycles. The van der Waals surface area contributed by atoms with Crippen molar-refractivity contribution in [3.05, 3.63) is 139 Å². The quantitative estimate of drug-likeness (QED) is 0.102. The van der Waals surface area contributed by atoms with Crippen LogP contribution in [0.5, 0.6) is 0 Å². The molecule has 12 heteroatoms. The van der Waals surface area contributed by atoms with Gasteiger partial charge in [-0.25, -0.2) is 9.59 Å². The number of amides is 4. The van der Waals surface area contributed by atoms with Crippen LogP contribution >= 0.6 is 0 Å². The average molecular weight is 781 g/mol. The number of likely N-dealkylation sites (N-methyl/N-ethyl adjacent to an activating group) is 1. The van der Waals surface area contributed by atoms with Crippen LogP contribution in [0.15, 0.2) is 133 Å². The highest BCUT2D eigenvalue weighted by atomic mass is 16.6. The summed E-state index contributed by atoms with van der Waals surface area (Å²) in [6, 6.07) is 40.7. The number of likely N-dealkylation sites (tertiary alicyclic amines) is 1. The molecule has 0 radical (unpaired) electrons. The first kappa shape index (κ1) is 39.7. The molecule has 1 aliphatic heterocycles. The van der Waals surface area contributed by atoms with Gasteiger partial charge in [-0.1, -0.05) is 103 Å². The first-order valence-electron chi connectivity index (χ1n) is 19.7. The Balaban J connectivity index is 1.03. The maximum absolute atomic E-state index is 14.5. The van der Waals surface area contributed by atoms with E-state index in [4.69, 9.17) is 4.74 Å². The third-order valence-corrected chi connectivity index (χ3v) is 10.4. The van der Waals surface area contributed by atoms with Crippen LogP contribution in [0.4, 0.5) is 26.7 Å². The number of nitrogens with zero attached hydrogens (tertiary/aromatic N) is 4. The number of anilines is 3. The number of carboxylic acid groups (broad SMARTS) is 1. The number of carbonyl (C=O) groups excluding carboxylic acids is 3. The molecule has 58 heavy (non-hydrogen) atoms. The lowest BCUT2D eigenvalue weighted by Crippen LogP contribution is -2.52. The standard InChI is InChI=1S/C46H48N6O6/c1-49(44(54)35-17-12-18-37(31-35)48-43(53)32-47-36-23-24-36)29-30-50-27-25-38(26-28-50)58-46(57)52(42-22-11-9-20-40(42)34-15-6-3-7-16-34)51(45(55)56)41-21-10-8-19-39(41)33-13-4-2-5-14-33/h2-22,31,36,38,47H,23-30,32H2,1H3,(H,48,53)(H,55,56). The van der Waals surface area contributed by atoms with E-state index in [2.05, 4.69) is 15.5 Å². The lowest BCUT2D eigenvalue weighted by molar-refractivity contribution is -0.115. The SMILES string of the molecule is CN(CCN1CCC(OC(=O)N(c2ccccc2-c2ccccc2)N(C(=O)O)c2ccccc2-c2ccccc2)CC1)C(=O)c1cccc(NC(=O)CNC2CC2)c1. The zero-order valence-electron chi connectivity index (χ0n) is 32.5. The van der Waals surface area contributed by atoms with Gasteiger partial charge in [-0.15, -0.1) is 0 Å². The van der Waals surface area contributed by atoms with E-state index in [0.29, 0.717) is 78.8 Å². The molecule has 12 nitrogen and oxygen atoms in total. The summed E-state index contributed by atoms with van der Waals surface area (Å²) in [4.78, 5) is 57.5. The third kappa shape index (κ3) is 9.89. The smallest absolute Gasteiger partial charge is 0.434 e. The summed E-state index contributed by atoms with van der Waals surface area (Å²) >= 11 is 0. The van der Waals surface area contributed by atoms with Crippen molar-refractivity contribution in [2.24, 2.45) is 0 Å². The average Bonchev–Trinajstić information content (AvgIpc) is 4.10. The number of hydrogen-bond acceptors (Lipinski definition) is 7. The second kappa shape index (κ2) is 18.6. The molecule has 298 valence electrons. The Morgan fingerprint density at radius 2 is 1.28 bits per heavy atom. The van der Waals surface area contributed by atoms with Gasteiger partial charge in [-0.2, -0.15) is 10.0 Å². The number of rotatable bonds is 13. The molecular formula is C46H48N6O6. The molecule has 3 N–H and O–H groups in total. The van der Waals surface area contributed by atoms with Gasteiger partial charge in [0.2, 0.25) is 5.91 Å². The summed E-state index contributed by atoms with van der Waals surface area (Å²) in [6.07, 6.45) is 0.623. The number of para-hydroxylation sites is 2. The van der Waals surface area contributed by atoms with E-state index >= 15 is 0 Å². The van der Waals surface area contributed by atoms with Crippen molar-refractivity contribution in [3.63, 3.8) is 0 Å². The number of ether oxygens (including phenoxy) is 1. The second-order valence-corrected chi connectivity index (χ2v) is 14.6. The van der Waals surface area contributed by atoms with Crippen molar-refractivity contribution in [1.82, 2.24) is 15.1 Å². The van der Waals surface area contributed by atoms with Crippen LogP contribution in [0.1, 0.15) is 36.0 Å². The van der Waals surface area contributed by atoms with Crippen LogP contribution in [0.2, 0.25) is 0 Å². The van der Waals surface area contributed by atoms with Gasteiger partial charge in [0.15, 0.2) is 0 Å². The first-order valence-corrected chi connectivity index (χ1v) is 19.7. The minimum absolute atomic E-state index is 0.142. The van der Waals surface area contributed by atoms with Gasteiger partial charge in [0.1, 0.15) is 6.10 Å². The summed E-state index contributed by atoms with van der Waals surface area (Å²) < 4.78 is 6.19. The van der Waals surface area contributed by atoms with Gasteiger partial charge in [-0.05, 0) is 67.1 Å². The molecule has 4 amide bonds. The molecule has 1 saturated carbocycles. The summed E-state index contributed by atoms with van der Waals surface area (Å²) in [5.74, 6) is -0.292. The number of nitrogens with one attached hydrogen (secondary N) is 2. The molecule has 0 spiro atoms. The maximum atomic E-state index is 14.5. The zero-order chi connectivity index (χ0) is 40.4. The number of carbonyl (C=O) groups is 4. The molecular weight excluding hydrogens is 733 g/mol. The van der Waals surface area contributed by atoms with E-state index in [1.54, 1.807) is 60.5 Å². The Kier molecular flexibility index (Phi) is 12.8. The van der Waals surface area contributed by atoms with E-state index in [9.17, 15) is 24.3 Å². The molecule has 7 rings (SSSR count). The summed E-state index contributed by atoms with van der Waals surface area (Å²) in [7, 11) is 1.76. The van der Waals surface area contributed by atoms with Crippen molar-refractivity contribution < 1.29 is 29.0 Å². The Morgan fingerprint density at radius 1 is 0.707 bits per heavy atom. The molecule has 0 atom stereocenters. The summed E-state index contributed by atoms with van der Waals surface area (Å²) in [5, 5.41) is 19.1. The summed E-state index contributed by atoms with van der Waals surface area (Å²) in [6.45, 7) is 2.57. The van der Waals surface area contributed by atoms with Crippen LogP contribution in [0.25, 0.3) is 22.3 Å². The highest BCUT2D eigenvalue weighted by Crippen LogP contribution is 2.38. The molecule has 5 aromatic carbocycles. The number of piperidine rings is 1. The number of benzene rings is 5. The van der Waals surface area contributed by atoms with E-state index in [-0.39, 0.29) is 18.4 Å². The van der Waals surface area contributed by atoms with Gasteiger partial charge in [-0.3, -0.25) is 9.59 Å². The molecule has 2 aliphatic rings. The molecule has 0 aromatic heterocycles. The maximum Gasteiger partial charge on any atom is 0.434 e. The highest BCUT2D eigenvalue weighted by molar-refractivity contribution is 6.06. The van der Waals surface area contributed by atoms with Crippen molar-refractivity contribution in [2.75, 3.05) is 55.1 Å². The van der Waals surface area contributed by atoms with Crippen molar-refractivity contribution in [3.8, 4) is 22.3 Å². The molecule has 1 heterocycles. The van der Waals surface area contributed by atoms with Crippen LogP contribution in [-0.2, 0) is 9.53 Å². The van der Waals surface area contributed by atoms with Gasteiger partial charge in [0.25, 0.3) is 5.91 Å². The van der Waals surface area contributed by atoms with Crippen molar-refractivity contribution >= 4 is 41.1 Å². The van der Waals surface area contributed by atoms with Crippen molar-refractivity contribution in [1.29, 1.82) is 0 Å². The Morgan fingerprint density at radius 3 is 1.86 bits per heavy atom. The number of hydrogen-bond donors (Lipinski definition) is 3. The van der Waals surface area contributed by atoms with Gasteiger partial charge in [0.05, 0.1) is 17.9 Å². The first-order chi connectivity index (χ1) is 28.2. The minimum Gasteiger partial charge on any atom is -0.463 e. The lowest BCUT2D eigenvalue weighted by Gasteiger charge is -2.37. The van der Waals surface area contributed by atoms with E-state index in [0.717, 1.165) is 34.0 Å². The predicted molar refractivity (Wildman–Crippen MR) is 226 cm³/mol. The highest BCUT2D eigenvalue weighted by Gasteiger charge is 2.36. The normalized spacial score (nSPS) is 14.3. The molecule has 2 fully saturated rings. The van der Waals surface area contributed by atoms with Crippen LogP contribution in [-0.4, -0.2) is 90.8 Å². The van der Waals surface area contributed by atoms with Gasteiger partial charge in [0, 0.05) is 61.6 Å². The van der Waals surface area contributed by atoms with Crippen LogP contribution in [0.3, 0.4) is 0 Å². The molecule has 1 aliphatic carbocycles. The van der Waals surface area contributed by atoms with Crippen LogP contribution < -0.4 is 20.7 Å². The van der Waals surface area contributed by atoms with Gasteiger partial charge < -0.3 is 30.3 Å². The third-order valence-electron chi connectivity index (χ3n) is 10.4. The molecule has 5 aromatic rings. The van der Waals surface area contributed by atoms with E-state index in [1.807, 2.05) is 84.9 Å². The monoisotopic (exact) mass is 780 g/mol. The van der Waals surface area contributed by atoms with Crippen LogP contribution in [0, 0.1) is 0 Å². The van der Waals surface area contributed by atoms with Crippen molar-refractivity contribution in [2.45, 2.75) is 37.8 Å². The Bertz CT molecular complexity index is 2210. The minimum atomic E-state index is -1.35. The summed E-state index contributed by atoms with van der Waals surface area (Å²) in [5.41, 5.74) is 4.62. The predicted octanol–water partition coefficient (Wildman–Crippen LogP) is 7.99. The van der Waals surface area contributed by atoms with E-state index < -0.39 is 18.3 Å². The fourth-order valence-corrected chi connectivity index (χ4v) is 7.14. The topological polar surface area (TPSA) is 135 Å². The van der Waals surface area contributed by atoms with Gasteiger partial charge >= 0.3 is 12.2 Å². The molecule has 0 bridgehead atoms. The second-order valence-electron chi connectivity index (χ2n) is 14.6. The fraction of sp³-hybridized carbons (Fsp3) is 0.261. The lowest BCUT2D eigenvalue weighted by atomic mass is 10.0. The number of hydrazine groups is 1.